The molecule has 0 fully saturated rings. The highest BCUT2D eigenvalue weighted by atomic mass is 19.1. The van der Waals surface area contributed by atoms with Crippen molar-refractivity contribution in [1.82, 2.24) is 15.2 Å². The van der Waals surface area contributed by atoms with Crippen LogP contribution in [0.25, 0.3) is 0 Å². The molecule has 2 N–H and O–H groups in total. The first-order valence-electron chi connectivity index (χ1n) is 7.32. The van der Waals surface area contributed by atoms with Crippen LogP contribution in [0.5, 0.6) is 0 Å². The standard InChI is InChI=1S/C17H15F2N5/c1-11-5-7-12(8-6-11)9-20-17-23-15(10-21-24-17)22-16-13(18)3-2-4-14(16)19/h2-8,10H,9H2,1H3,(H2,20,22,23,24). The van der Waals surface area contributed by atoms with Crippen molar-refractivity contribution in [2.45, 2.75) is 13.5 Å². The van der Waals surface area contributed by atoms with Gasteiger partial charge in [0.25, 0.3) is 0 Å². The van der Waals surface area contributed by atoms with Crippen LogP contribution in [0.15, 0.2) is 48.7 Å². The Morgan fingerprint density at radius 3 is 2.42 bits per heavy atom. The molecule has 0 atom stereocenters. The van der Waals surface area contributed by atoms with Crippen LogP contribution in [0.1, 0.15) is 11.1 Å². The molecule has 5 nitrogen and oxygen atoms in total. The van der Waals surface area contributed by atoms with Gasteiger partial charge in [-0.1, -0.05) is 35.9 Å². The number of halogens is 2. The second-order valence-corrected chi connectivity index (χ2v) is 5.23. The predicted octanol–water partition coefficient (Wildman–Crippen LogP) is 3.81. The van der Waals surface area contributed by atoms with E-state index in [2.05, 4.69) is 25.8 Å². The van der Waals surface area contributed by atoms with Crippen LogP contribution >= 0.6 is 0 Å². The van der Waals surface area contributed by atoms with Crippen molar-refractivity contribution in [3.8, 4) is 0 Å². The van der Waals surface area contributed by atoms with E-state index in [1.54, 1.807) is 0 Å². The van der Waals surface area contributed by atoms with E-state index in [4.69, 9.17) is 0 Å². The zero-order valence-corrected chi connectivity index (χ0v) is 12.9. The van der Waals surface area contributed by atoms with Crippen LogP contribution in [-0.2, 0) is 6.54 Å². The monoisotopic (exact) mass is 327 g/mol. The highest BCUT2D eigenvalue weighted by Crippen LogP contribution is 2.21. The predicted molar refractivity (Wildman–Crippen MR) is 88.0 cm³/mol. The lowest BCUT2D eigenvalue weighted by atomic mass is 10.1. The average molecular weight is 327 g/mol. The Kier molecular flexibility index (Phi) is 4.60. The third kappa shape index (κ3) is 3.81. The fraction of sp³-hybridized carbons (Fsp3) is 0.118. The highest BCUT2D eigenvalue weighted by molar-refractivity contribution is 5.57. The smallest absolute Gasteiger partial charge is 0.244 e. The highest BCUT2D eigenvalue weighted by Gasteiger charge is 2.10. The topological polar surface area (TPSA) is 62.7 Å². The average Bonchev–Trinajstić information content (AvgIpc) is 2.58. The van der Waals surface area contributed by atoms with Gasteiger partial charge in [0, 0.05) is 6.54 Å². The molecule has 2 aromatic carbocycles. The first kappa shape index (κ1) is 15.8. The summed E-state index contributed by atoms with van der Waals surface area (Å²) in [6.07, 6.45) is 1.29. The lowest BCUT2D eigenvalue weighted by molar-refractivity contribution is 0.590. The van der Waals surface area contributed by atoms with Crippen LogP contribution in [-0.4, -0.2) is 15.2 Å². The van der Waals surface area contributed by atoms with Crippen LogP contribution < -0.4 is 10.6 Å². The fourth-order valence-electron chi connectivity index (χ4n) is 2.07. The Morgan fingerprint density at radius 1 is 1.00 bits per heavy atom. The summed E-state index contributed by atoms with van der Waals surface area (Å²) in [6, 6.07) is 11.6. The molecule has 122 valence electrons. The lowest BCUT2D eigenvalue weighted by Gasteiger charge is -2.09. The van der Waals surface area contributed by atoms with Crippen molar-refractivity contribution >= 4 is 17.5 Å². The van der Waals surface area contributed by atoms with E-state index in [-0.39, 0.29) is 17.5 Å². The maximum absolute atomic E-state index is 13.7. The van der Waals surface area contributed by atoms with Crippen molar-refractivity contribution in [2.75, 3.05) is 10.6 Å². The van der Waals surface area contributed by atoms with Crippen molar-refractivity contribution < 1.29 is 8.78 Å². The van der Waals surface area contributed by atoms with Gasteiger partial charge in [-0.3, -0.25) is 0 Å². The Morgan fingerprint density at radius 2 is 1.71 bits per heavy atom. The van der Waals surface area contributed by atoms with Gasteiger partial charge in [0.1, 0.15) is 17.3 Å². The molecule has 0 radical (unpaired) electrons. The van der Waals surface area contributed by atoms with Gasteiger partial charge in [-0.2, -0.15) is 10.1 Å². The number of hydrogen-bond acceptors (Lipinski definition) is 5. The summed E-state index contributed by atoms with van der Waals surface area (Å²) in [5.74, 6) is -0.955. The van der Waals surface area contributed by atoms with E-state index in [1.165, 1.54) is 17.8 Å². The molecule has 0 saturated carbocycles. The third-order valence-electron chi connectivity index (χ3n) is 3.35. The van der Waals surface area contributed by atoms with Gasteiger partial charge >= 0.3 is 0 Å². The van der Waals surface area contributed by atoms with Crippen LogP contribution in [0.4, 0.5) is 26.2 Å². The normalized spacial score (nSPS) is 10.5. The number of aryl methyl sites for hydroxylation is 1. The molecule has 3 rings (SSSR count). The lowest BCUT2D eigenvalue weighted by Crippen LogP contribution is -2.07. The van der Waals surface area contributed by atoms with Gasteiger partial charge in [-0.25, -0.2) is 8.78 Å². The Balaban J connectivity index is 1.71. The van der Waals surface area contributed by atoms with E-state index >= 15 is 0 Å². The molecule has 24 heavy (non-hydrogen) atoms. The maximum Gasteiger partial charge on any atom is 0.244 e. The third-order valence-corrected chi connectivity index (χ3v) is 3.35. The minimum absolute atomic E-state index is 0.195. The summed E-state index contributed by atoms with van der Waals surface area (Å²) in [7, 11) is 0. The van der Waals surface area contributed by atoms with Gasteiger partial charge in [0.2, 0.25) is 5.95 Å². The van der Waals surface area contributed by atoms with Crippen molar-refractivity contribution in [3.63, 3.8) is 0 Å². The van der Waals surface area contributed by atoms with Gasteiger partial charge in [-0.05, 0) is 24.6 Å². The molecule has 0 aliphatic carbocycles. The number of nitrogens with zero attached hydrogens (tertiary/aromatic N) is 3. The van der Waals surface area contributed by atoms with E-state index in [9.17, 15) is 8.78 Å². The SMILES string of the molecule is Cc1ccc(CNc2nncc(Nc3c(F)cccc3F)n2)cc1. The fourth-order valence-corrected chi connectivity index (χ4v) is 2.07. The molecule has 0 saturated heterocycles. The summed E-state index contributed by atoms with van der Waals surface area (Å²) >= 11 is 0. The molecule has 0 aliphatic heterocycles. The quantitative estimate of drug-likeness (QED) is 0.746. The van der Waals surface area contributed by atoms with Crippen molar-refractivity contribution in [3.05, 3.63) is 71.4 Å². The second kappa shape index (κ2) is 6.99. The molecule has 1 heterocycles. The summed E-state index contributed by atoms with van der Waals surface area (Å²) in [5, 5.41) is 13.2. The Hall–Kier alpha value is -3.09. The van der Waals surface area contributed by atoms with Gasteiger partial charge in [-0.15, -0.1) is 5.10 Å². The van der Waals surface area contributed by atoms with Gasteiger partial charge in [0.15, 0.2) is 5.82 Å². The maximum atomic E-state index is 13.7. The van der Waals surface area contributed by atoms with E-state index in [0.29, 0.717) is 6.54 Å². The molecule has 7 heteroatoms. The summed E-state index contributed by atoms with van der Waals surface area (Å²) in [4.78, 5) is 4.15. The number of aromatic nitrogens is 3. The summed E-state index contributed by atoms with van der Waals surface area (Å²) < 4.78 is 27.3. The number of para-hydroxylation sites is 1. The molecule has 0 amide bonds. The molecule has 3 aromatic rings. The first-order valence-corrected chi connectivity index (χ1v) is 7.32. The Labute approximate surface area is 137 Å². The van der Waals surface area contributed by atoms with Crippen molar-refractivity contribution in [2.24, 2.45) is 0 Å². The van der Waals surface area contributed by atoms with Gasteiger partial charge in [0.05, 0.1) is 6.20 Å². The molecule has 0 unspecified atom stereocenters. The van der Waals surface area contributed by atoms with E-state index < -0.39 is 11.6 Å². The minimum atomic E-state index is -0.706. The minimum Gasteiger partial charge on any atom is -0.349 e. The molecule has 1 aromatic heterocycles. The summed E-state index contributed by atoms with van der Waals surface area (Å²) in [6.45, 7) is 2.53. The van der Waals surface area contributed by atoms with E-state index in [0.717, 1.165) is 17.7 Å². The van der Waals surface area contributed by atoms with Gasteiger partial charge < -0.3 is 10.6 Å². The number of hydrogen-bond donors (Lipinski definition) is 2. The van der Waals surface area contributed by atoms with Crippen LogP contribution in [0.3, 0.4) is 0 Å². The second-order valence-electron chi connectivity index (χ2n) is 5.23. The molecule has 0 spiro atoms. The van der Waals surface area contributed by atoms with Crippen molar-refractivity contribution in [1.29, 1.82) is 0 Å². The number of nitrogens with one attached hydrogen (secondary N) is 2. The zero-order valence-electron chi connectivity index (χ0n) is 12.9. The largest absolute Gasteiger partial charge is 0.349 e. The van der Waals surface area contributed by atoms with E-state index in [1.807, 2.05) is 31.2 Å². The van der Waals surface area contributed by atoms with Crippen LogP contribution in [0, 0.1) is 18.6 Å². The Bertz CT molecular complexity index is 816. The first-order chi connectivity index (χ1) is 11.6. The molecule has 0 aliphatic rings. The summed E-state index contributed by atoms with van der Waals surface area (Å²) in [5.41, 5.74) is 1.96. The molecule has 0 bridgehead atoms. The number of rotatable bonds is 5. The van der Waals surface area contributed by atoms with Crippen LogP contribution in [0.2, 0.25) is 0 Å². The number of anilines is 3. The number of benzene rings is 2. The molecular weight excluding hydrogens is 312 g/mol. The zero-order chi connectivity index (χ0) is 16.9. The molecular formula is C17H15F2N5.